The van der Waals surface area contributed by atoms with E-state index in [0.717, 1.165) is 13.0 Å². The van der Waals surface area contributed by atoms with Crippen molar-refractivity contribution in [3.8, 4) is 6.07 Å². The minimum atomic E-state index is -0.212. The maximum atomic E-state index is 9.09. The summed E-state index contributed by atoms with van der Waals surface area (Å²) >= 11 is 0. The van der Waals surface area contributed by atoms with Gasteiger partial charge in [0.1, 0.15) is 0 Å². The fourth-order valence-electron chi connectivity index (χ4n) is 1.20. The van der Waals surface area contributed by atoms with Gasteiger partial charge in [-0.05, 0) is 13.3 Å². The second-order valence-electron chi connectivity index (χ2n) is 2.74. The van der Waals surface area contributed by atoms with Gasteiger partial charge >= 0.3 is 0 Å². The van der Waals surface area contributed by atoms with Crippen molar-refractivity contribution in [3.63, 3.8) is 0 Å². The molecule has 0 radical (unpaired) electrons. The van der Waals surface area contributed by atoms with E-state index in [9.17, 15) is 0 Å². The molecule has 56 valence electrons. The average molecular weight is 140 g/mol. The van der Waals surface area contributed by atoms with Gasteiger partial charge in [-0.3, -0.25) is 4.90 Å². The first-order valence-corrected chi connectivity index (χ1v) is 3.55. The maximum Gasteiger partial charge on any atom is 0.0950 e. The zero-order chi connectivity index (χ0) is 7.56. The van der Waals surface area contributed by atoms with Crippen molar-refractivity contribution >= 4 is 0 Å². The van der Waals surface area contributed by atoms with Crippen LogP contribution >= 0.6 is 0 Å². The number of aliphatic hydroxyl groups is 1. The Morgan fingerprint density at radius 3 is 2.90 bits per heavy atom. The van der Waals surface area contributed by atoms with Gasteiger partial charge in [0.2, 0.25) is 0 Å². The third kappa shape index (κ3) is 1.47. The Hall–Kier alpha value is -0.590. The number of rotatable bonds is 1. The van der Waals surface area contributed by atoms with E-state index in [4.69, 9.17) is 10.4 Å². The SMILES string of the molecule is CC(C#N)N1CCC(O)C1. The van der Waals surface area contributed by atoms with Crippen LogP contribution in [0.2, 0.25) is 0 Å². The molecule has 0 aliphatic carbocycles. The van der Waals surface area contributed by atoms with Gasteiger partial charge in [0.25, 0.3) is 0 Å². The number of hydrogen-bond donors (Lipinski definition) is 1. The van der Waals surface area contributed by atoms with Gasteiger partial charge in [-0.1, -0.05) is 0 Å². The van der Waals surface area contributed by atoms with E-state index < -0.39 is 0 Å². The van der Waals surface area contributed by atoms with Gasteiger partial charge in [0.05, 0.1) is 18.2 Å². The second-order valence-corrected chi connectivity index (χ2v) is 2.74. The molecule has 2 atom stereocenters. The van der Waals surface area contributed by atoms with Crippen LogP contribution in [-0.4, -0.2) is 35.2 Å². The molecule has 1 N–H and O–H groups in total. The predicted octanol–water partition coefficient (Wildman–Crippen LogP) is -0.0349. The van der Waals surface area contributed by atoms with Crippen molar-refractivity contribution in [3.05, 3.63) is 0 Å². The maximum absolute atomic E-state index is 9.09. The molecule has 0 spiro atoms. The summed E-state index contributed by atoms with van der Waals surface area (Å²) in [5.41, 5.74) is 0. The van der Waals surface area contributed by atoms with Crippen LogP contribution in [-0.2, 0) is 0 Å². The van der Waals surface area contributed by atoms with E-state index in [1.54, 1.807) is 0 Å². The minimum Gasteiger partial charge on any atom is -0.392 e. The monoisotopic (exact) mass is 140 g/mol. The van der Waals surface area contributed by atoms with Gasteiger partial charge in [0, 0.05) is 13.1 Å². The molecule has 3 nitrogen and oxygen atoms in total. The summed E-state index contributed by atoms with van der Waals surface area (Å²) in [7, 11) is 0. The fourth-order valence-corrected chi connectivity index (χ4v) is 1.20. The average Bonchev–Trinajstić information content (AvgIpc) is 2.34. The third-order valence-corrected chi connectivity index (χ3v) is 1.93. The van der Waals surface area contributed by atoms with Gasteiger partial charge in [-0.25, -0.2) is 0 Å². The highest BCUT2D eigenvalue weighted by Crippen LogP contribution is 2.11. The van der Waals surface area contributed by atoms with Gasteiger partial charge in [-0.15, -0.1) is 0 Å². The molecular weight excluding hydrogens is 128 g/mol. The molecule has 1 fully saturated rings. The third-order valence-electron chi connectivity index (χ3n) is 1.93. The normalized spacial score (nSPS) is 29.9. The lowest BCUT2D eigenvalue weighted by Gasteiger charge is -2.16. The highest BCUT2D eigenvalue weighted by atomic mass is 16.3. The smallest absolute Gasteiger partial charge is 0.0950 e. The van der Waals surface area contributed by atoms with Crippen LogP contribution in [0.4, 0.5) is 0 Å². The van der Waals surface area contributed by atoms with Crippen LogP contribution < -0.4 is 0 Å². The Bertz CT molecular complexity index is 152. The zero-order valence-corrected chi connectivity index (χ0v) is 6.12. The summed E-state index contributed by atoms with van der Waals surface area (Å²) in [6, 6.07) is 2.10. The number of nitriles is 1. The first-order chi connectivity index (χ1) is 4.74. The highest BCUT2D eigenvalue weighted by molar-refractivity contribution is 4.91. The zero-order valence-electron chi connectivity index (χ0n) is 6.12. The molecule has 1 aliphatic heterocycles. The van der Waals surface area contributed by atoms with Crippen molar-refractivity contribution in [1.82, 2.24) is 4.90 Å². The standard InChI is InChI=1S/C7H12N2O/c1-6(4-8)9-3-2-7(10)5-9/h6-7,10H,2-3,5H2,1H3. The molecule has 10 heavy (non-hydrogen) atoms. The van der Waals surface area contributed by atoms with Gasteiger partial charge in [-0.2, -0.15) is 5.26 Å². The van der Waals surface area contributed by atoms with Crippen LogP contribution in [0, 0.1) is 11.3 Å². The number of aliphatic hydroxyl groups excluding tert-OH is 1. The van der Waals surface area contributed by atoms with E-state index in [1.807, 2.05) is 11.8 Å². The van der Waals surface area contributed by atoms with Crippen molar-refractivity contribution in [2.24, 2.45) is 0 Å². The van der Waals surface area contributed by atoms with Crippen molar-refractivity contribution in [2.75, 3.05) is 13.1 Å². The molecule has 1 heterocycles. The fraction of sp³-hybridized carbons (Fsp3) is 0.857. The molecule has 1 saturated heterocycles. The van der Waals surface area contributed by atoms with Crippen molar-refractivity contribution in [2.45, 2.75) is 25.5 Å². The van der Waals surface area contributed by atoms with Crippen molar-refractivity contribution < 1.29 is 5.11 Å². The molecule has 0 aromatic carbocycles. The molecule has 0 amide bonds. The lowest BCUT2D eigenvalue weighted by atomic mass is 10.3. The second kappa shape index (κ2) is 3.00. The number of likely N-dealkylation sites (tertiary alicyclic amines) is 1. The Labute approximate surface area is 60.9 Å². The van der Waals surface area contributed by atoms with E-state index in [2.05, 4.69) is 6.07 Å². The Kier molecular flexibility index (Phi) is 2.25. The molecular formula is C7H12N2O. The van der Waals surface area contributed by atoms with E-state index >= 15 is 0 Å². The Morgan fingerprint density at radius 1 is 1.80 bits per heavy atom. The Morgan fingerprint density at radius 2 is 2.50 bits per heavy atom. The van der Waals surface area contributed by atoms with E-state index in [1.165, 1.54) is 0 Å². The lowest BCUT2D eigenvalue weighted by molar-refractivity contribution is 0.171. The predicted molar refractivity (Wildman–Crippen MR) is 37.3 cm³/mol. The quantitative estimate of drug-likeness (QED) is 0.556. The highest BCUT2D eigenvalue weighted by Gasteiger charge is 2.23. The molecule has 0 saturated carbocycles. The van der Waals surface area contributed by atoms with Crippen LogP contribution in [0.1, 0.15) is 13.3 Å². The van der Waals surface area contributed by atoms with Crippen LogP contribution in [0.15, 0.2) is 0 Å². The molecule has 1 aliphatic rings. The molecule has 0 aromatic rings. The molecule has 3 heteroatoms. The van der Waals surface area contributed by atoms with Gasteiger partial charge < -0.3 is 5.11 Å². The van der Waals surface area contributed by atoms with Gasteiger partial charge in [0.15, 0.2) is 0 Å². The van der Waals surface area contributed by atoms with Crippen LogP contribution in [0.3, 0.4) is 0 Å². The summed E-state index contributed by atoms with van der Waals surface area (Å²) in [5, 5.41) is 17.6. The lowest BCUT2D eigenvalue weighted by Crippen LogP contribution is -2.30. The molecule has 1 rings (SSSR count). The largest absolute Gasteiger partial charge is 0.392 e. The topological polar surface area (TPSA) is 47.3 Å². The summed E-state index contributed by atoms with van der Waals surface area (Å²) in [6.07, 6.45) is 0.599. The minimum absolute atomic E-state index is 0.0443. The molecule has 0 bridgehead atoms. The Balaban J connectivity index is 2.39. The number of nitrogens with zero attached hydrogens (tertiary/aromatic N) is 2. The van der Waals surface area contributed by atoms with E-state index in [-0.39, 0.29) is 12.1 Å². The van der Waals surface area contributed by atoms with Crippen LogP contribution in [0.5, 0.6) is 0 Å². The van der Waals surface area contributed by atoms with Crippen molar-refractivity contribution in [1.29, 1.82) is 5.26 Å². The summed E-state index contributed by atoms with van der Waals surface area (Å²) in [6.45, 7) is 3.38. The first kappa shape index (κ1) is 7.52. The van der Waals surface area contributed by atoms with Crippen LogP contribution in [0.25, 0.3) is 0 Å². The molecule has 2 unspecified atom stereocenters. The summed E-state index contributed by atoms with van der Waals surface area (Å²) in [4.78, 5) is 1.99. The number of hydrogen-bond acceptors (Lipinski definition) is 3. The molecule has 0 aromatic heterocycles. The summed E-state index contributed by atoms with van der Waals surface area (Å²) in [5.74, 6) is 0. The summed E-state index contributed by atoms with van der Waals surface area (Å²) < 4.78 is 0. The number of β-amino-alcohol motifs (C(OH)–C–C–N with tert-alkyl or cyclic N) is 1. The van der Waals surface area contributed by atoms with E-state index in [0.29, 0.717) is 6.54 Å². The first-order valence-electron chi connectivity index (χ1n) is 3.55.